The molecule has 22 heavy (non-hydrogen) atoms. The highest BCUT2D eigenvalue weighted by Crippen LogP contribution is 2.64. The zero-order valence-electron chi connectivity index (χ0n) is 13.0. The summed E-state index contributed by atoms with van der Waals surface area (Å²) in [5, 5.41) is 4.21. The number of hydrogen-bond acceptors (Lipinski definition) is 4. The van der Waals surface area contributed by atoms with Gasteiger partial charge in [-0.15, -0.1) is 0 Å². The molecule has 4 rings (SSSR count). The van der Waals surface area contributed by atoms with Crippen LogP contribution in [-0.2, 0) is 17.6 Å². The van der Waals surface area contributed by atoms with Crippen LogP contribution in [0.15, 0.2) is 28.8 Å². The van der Waals surface area contributed by atoms with Crippen LogP contribution in [0.5, 0.6) is 0 Å². The number of hydrogen-bond donors (Lipinski definition) is 0. The molecule has 2 heterocycles. The Bertz CT molecular complexity index is 659. The van der Waals surface area contributed by atoms with E-state index in [0.717, 1.165) is 50.6 Å². The summed E-state index contributed by atoms with van der Waals surface area (Å²) in [7, 11) is 0. The molecule has 1 unspecified atom stereocenters. The van der Waals surface area contributed by atoms with E-state index in [9.17, 15) is 0 Å². The molecule has 2 fully saturated rings. The number of nitrogens with zero attached hydrogens (tertiary/aromatic N) is 2. The molecule has 4 heteroatoms. The molecule has 1 aliphatic carbocycles. The van der Waals surface area contributed by atoms with Crippen LogP contribution < -0.4 is 0 Å². The minimum atomic E-state index is 0.392. The third-order valence-electron chi connectivity index (χ3n) is 5.31. The van der Waals surface area contributed by atoms with Crippen molar-refractivity contribution in [3.8, 4) is 0 Å². The van der Waals surface area contributed by atoms with Gasteiger partial charge in [0.2, 0.25) is 5.89 Å². The van der Waals surface area contributed by atoms with Gasteiger partial charge in [-0.1, -0.05) is 36.3 Å². The highest BCUT2D eigenvalue weighted by Gasteiger charge is 2.57. The SMILES string of the molecule is CCc1ccccc1Cc1noc(C2CC23CCOCC3)n1. The first kappa shape index (κ1) is 13.9. The van der Waals surface area contributed by atoms with E-state index >= 15 is 0 Å². The maximum Gasteiger partial charge on any atom is 0.230 e. The summed E-state index contributed by atoms with van der Waals surface area (Å²) in [6.07, 6.45) is 5.24. The Morgan fingerprint density at radius 1 is 1.18 bits per heavy atom. The first-order valence-corrected chi connectivity index (χ1v) is 8.28. The number of ether oxygens (including phenoxy) is 1. The lowest BCUT2D eigenvalue weighted by atomic mass is 9.94. The van der Waals surface area contributed by atoms with Gasteiger partial charge >= 0.3 is 0 Å². The Morgan fingerprint density at radius 3 is 2.73 bits per heavy atom. The van der Waals surface area contributed by atoms with Gasteiger partial charge in [-0.3, -0.25) is 0 Å². The maximum absolute atomic E-state index is 5.56. The van der Waals surface area contributed by atoms with Crippen LogP contribution in [0.25, 0.3) is 0 Å². The summed E-state index contributed by atoms with van der Waals surface area (Å²) in [6, 6.07) is 8.50. The molecular formula is C18H22N2O2. The van der Waals surface area contributed by atoms with E-state index in [4.69, 9.17) is 9.26 Å². The summed E-state index contributed by atoms with van der Waals surface area (Å²) in [5.74, 6) is 2.11. The Hall–Kier alpha value is -1.68. The fourth-order valence-corrected chi connectivity index (χ4v) is 3.75. The number of aryl methyl sites for hydroxylation is 1. The quantitative estimate of drug-likeness (QED) is 0.866. The second kappa shape index (κ2) is 5.51. The van der Waals surface area contributed by atoms with Crippen molar-refractivity contribution in [1.29, 1.82) is 0 Å². The van der Waals surface area contributed by atoms with Gasteiger partial charge in [-0.25, -0.2) is 0 Å². The van der Waals surface area contributed by atoms with E-state index in [-0.39, 0.29) is 0 Å². The van der Waals surface area contributed by atoms with E-state index in [1.54, 1.807) is 0 Å². The highest BCUT2D eigenvalue weighted by molar-refractivity contribution is 5.29. The number of benzene rings is 1. The molecule has 1 saturated heterocycles. The molecule has 1 spiro atoms. The van der Waals surface area contributed by atoms with E-state index in [0.29, 0.717) is 11.3 Å². The van der Waals surface area contributed by atoms with Crippen molar-refractivity contribution in [1.82, 2.24) is 10.1 Å². The van der Waals surface area contributed by atoms with Crippen molar-refractivity contribution in [2.24, 2.45) is 5.41 Å². The van der Waals surface area contributed by atoms with Crippen LogP contribution in [-0.4, -0.2) is 23.4 Å². The van der Waals surface area contributed by atoms with Crippen molar-refractivity contribution < 1.29 is 9.26 Å². The van der Waals surface area contributed by atoms with Crippen molar-refractivity contribution in [3.05, 3.63) is 47.1 Å². The van der Waals surface area contributed by atoms with Gasteiger partial charge in [-0.05, 0) is 42.2 Å². The molecule has 2 aromatic rings. The van der Waals surface area contributed by atoms with E-state index in [1.807, 2.05) is 0 Å². The minimum Gasteiger partial charge on any atom is -0.381 e. The molecule has 116 valence electrons. The summed E-state index contributed by atoms with van der Waals surface area (Å²) < 4.78 is 11.0. The lowest BCUT2D eigenvalue weighted by Gasteiger charge is -2.21. The number of rotatable bonds is 4. The normalized spacial score (nSPS) is 22.9. The Labute approximate surface area is 130 Å². The highest BCUT2D eigenvalue weighted by atomic mass is 16.5. The Morgan fingerprint density at radius 2 is 1.95 bits per heavy atom. The van der Waals surface area contributed by atoms with Crippen LogP contribution in [0.1, 0.15) is 54.9 Å². The van der Waals surface area contributed by atoms with E-state index in [2.05, 4.69) is 41.3 Å². The zero-order chi connectivity index (χ0) is 15.0. The molecule has 0 radical (unpaired) electrons. The summed E-state index contributed by atoms with van der Waals surface area (Å²) >= 11 is 0. The predicted octanol–water partition coefficient (Wildman–Crippen LogP) is 3.51. The standard InChI is InChI=1S/C18H22N2O2/c1-2-13-5-3-4-6-14(13)11-16-19-17(22-20-16)15-12-18(15)7-9-21-10-8-18/h3-6,15H,2,7-12H2,1H3. The van der Waals surface area contributed by atoms with Gasteiger partial charge in [0.1, 0.15) is 0 Å². The fraction of sp³-hybridized carbons (Fsp3) is 0.556. The van der Waals surface area contributed by atoms with Crippen molar-refractivity contribution in [3.63, 3.8) is 0 Å². The third-order valence-corrected chi connectivity index (χ3v) is 5.31. The van der Waals surface area contributed by atoms with Crippen molar-refractivity contribution >= 4 is 0 Å². The summed E-state index contributed by atoms with van der Waals surface area (Å²) in [6.45, 7) is 3.93. The minimum absolute atomic E-state index is 0.392. The second-order valence-electron chi connectivity index (χ2n) is 6.58. The van der Waals surface area contributed by atoms with Gasteiger partial charge < -0.3 is 9.26 Å². The molecule has 1 atom stereocenters. The second-order valence-corrected chi connectivity index (χ2v) is 6.58. The smallest absolute Gasteiger partial charge is 0.230 e. The van der Waals surface area contributed by atoms with E-state index in [1.165, 1.54) is 17.5 Å². The summed E-state index contributed by atoms with van der Waals surface area (Å²) in [5.41, 5.74) is 3.05. The maximum atomic E-state index is 5.56. The third kappa shape index (κ3) is 2.45. The molecule has 0 bridgehead atoms. The van der Waals surface area contributed by atoms with Gasteiger partial charge in [0.15, 0.2) is 5.82 Å². The lowest BCUT2D eigenvalue weighted by Crippen LogP contribution is -2.18. The molecule has 0 N–H and O–H groups in total. The largest absolute Gasteiger partial charge is 0.381 e. The van der Waals surface area contributed by atoms with Crippen LogP contribution in [0.3, 0.4) is 0 Å². The number of aromatic nitrogens is 2. The molecule has 4 nitrogen and oxygen atoms in total. The Balaban J connectivity index is 1.48. The molecule has 1 saturated carbocycles. The van der Waals surface area contributed by atoms with Crippen molar-refractivity contribution in [2.45, 2.75) is 44.9 Å². The van der Waals surface area contributed by atoms with Crippen LogP contribution >= 0.6 is 0 Å². The van der Waals surface area contributed by atoms with Gasteiger partial charge in [0.25, 0.3) is 0 Å². The van der Waals surface area contributed by atoms with Gasteiger partial charge in [0, 0.05) is 25.6 Å². The zero-order valence-corrected chi connectivity index (χ0v) is 13.0. The molecule has 1 aromatic carbocycles. The van der Waals surface area contributed by atoms with Gasteiger partial charge in [0.05, 0.1) is 0 Å². The fourth-order valence-electron chi connectivity index (χ4n) is 3.75. The lowest BCUT2D eigenvalue weighted by molar-refractivity contribution is 0.0544. The molecule has 0 amide bonds. The first-order chi connectivity index (χ1) is 10.8. The van der Waals surface area contributed by atoms with Crippen molar-refractivity contribution in [2.75, 3.05) is 13.2 Å². The predicted molar refractivity (Wildman–Crippen MR) is 82.8 cm³/mol. The topological polar surface area (TPSA) is 48.2 Å². The molecule has 1 aliphatic heterocycles. The molecular weight excluding hydrogens is 276 g/mol. The molecule has 2 aliphatic rings. The van der Waals surface area contributed by atoms with Gasteiger partial charge in [-0.2, -0.15) is 4.98 Å². The molecule has 1 aromatic heterocycles. The first-order valence-electron chi connectivity index (χ1n) is 8.28. The van der Waals surface area contributed by atoms with Crippen LogP contribution in [0.4, 0.5) is 0 Å². The van der Waals surface area contributed by atoms with Crippen LogP contribution in [0, 0.1) is 5.41 Å². The summed E-state index contributed by atoms with van der Waals surface area (Å²) in [4.78, 5) is 4.67. The average molecular weight is 298 g/mol. The van der Waals surface area contributed by atoms with Crippen LogP contribution in [0.2, 0.25) is 0 Å². The van der Waals surface area contributed by atoms with E-state index < -0.39 is 0 Å². The Kier molecular flexibility index (Phi) is 3.49. The average Bonchev–Trinajstić information content (AvgIpc) is 3.04. The monoisotopic (exact) mass is 298 g/mol.